The van der Waals surface area contributed by atoms with Crippen LogP contribution in [-0.4, -0.2) is 16.1 Å². The zero-order valence-corrected chi connectivity index (χ0v) is 18.8. The molecule has 2 saturated heterocycles. The molecule has 0 N–H and O–H groups in total. The van der Waals surface area contributed by atoms with Crippen LogP contribution in [0.15, 0.2) is 36.4 Å². The first kappa shape index (κ1) is 19.2. The molecule has 0 nitrogen and oxygen atoms in total. The van der Waals surface area contributed by atoms with E-state index in [1.807, 2.05) is 0 Å². The van der Waals surface area contributed by atoms with E-state index in [-0.39, 0.29) is 21.7 Å². The van der Waals surface area contributed by atoms with Gasteiger partial charge in [-0.3, -0.25) is 0 Å². The van der Waals surface area contributed by atoms with Gasteiger partial charge in [-0.2, -0.15) is 35.4 Å². The molecule has 0 spiro atoms. The molecule has 2 heterocycles. The normalized spacial score (nSPS) is 20.3. The summed E-state index contributed by atoms with van der Waals surface area (Å²) in [6, 6.07) is 20.1. The van der Waals surface area contributed by atoms with Crippen LogP contribution < -0.4 is 10.4 Å². The van der Waals surface area contributed by atoms with E-state index in [9.17, 15) is 0 Å². The summed E-state index contributed by atoms with van der Waals surface area (Å²) in [7, 11) is -1.70. The van der Waals surface area contributed by atoms with Crippen LogP contribution in [0.3, 0.4) is 0 Å². The van der Waals surface area contributed by atoms with Gasteiger partial charge in [0.15, 0.2) is 0 Å². The zero-order valence-electron chi connectivity index (χ0n) is 15.2. The Kier molecular flexibility index (Phi) is 6.16. The first-order valence-electron chi connectivity index (χ1n) is 8.89. The van der Waals surface area contributed by atoms with Crippen molar-refractivity contribution in [2.45, 2.75) is 64.0 Å². The predicted octanol–water partition coefficient (Wildman–Crippen LogP) is 4.80. The van der Waals surface area contributed by atoms with Crippen molar-refractivity contribution in [3.05, 3.63) is 47.5 Å². The number of aryl methyl sites for hydroxylation is 2. The van der Waals surface area contributed by atoms with Crippen molar-refractivity contribution in [2.24, 2.45) is 0 Å². The summed E-state index contributed by atoms with van der Waals surface area (Å²) in [6.45, 7) is 9.43. The van der Waals surface area contributed by atoms with Crippen LogP contribution in [-0.2, 0) is 21.7 Å². The molecule has 0 unspecified atom stereocenters. The van der Waals surface area contributed by atoms with Gasteiger partial charge in [-0.1, -0.05) is 64.0 Å². The Morgan fingerprint density at radius 1 is 0.739 bits per heavy atom. The van der Waals surface area contributed by atoms with Crippen LogP contribution in [0.4, 0.5) is 0 Å². The molecule has 0 aliphatic carbocycles. The molecule has 0 bridgehead atoms. The average molecular weight is 374 g/mol. The van der Waals surface area contributed by atoms with Crippen LogP contribution in [0.2, 0.25) is 37.3 Å². The number of rotatable bonds is 2. The average Bonchev–Trinajstić information content (AvgIpc) is 3.03. The summed E-state index contributed by atoms with van der Waals surface area (Å²) in [5, 5.41) is 3.39. The Labute approximate surface area is 159 Å². The second-order valence-corrected chi connectivity index (χ2v) is 17.6. The Morgan fingerprint density at radius 2 is 1.09 bits per heavy atom. The van der Waals surface area contributed by atoms with E-state index in [0.717, 1.165) is 0 Å². The molecule has 0 saturated carbocycles. The molecule has 122 valence electrons. The Bertz CT molecular complexity index is 573. The van der Waals surface area contributed by atoms with E-state index in [0.29, 0.717) is 0 Å². The Morgan fingerprint density at radius 3 is 1.26 bits per heavy atom. The summed E-state index contributed by atoms with van der Waals surface area (Å²) in [6.07, 6.45) is 2.96. The molecule has 23 heavy (non-hydrogen) atoms. The largest absolute Gasteiger partial charge is 2.00 e. The summed E-state index contributed by atoms with van der Waals surface area (Å²) < 4.78 is 0. The van der Waals surface area contributed by atoms with Gasteiger partial charge < -0.3 is 0 Å². The third-order valence-corrected chi connectivity index (χ3v) is 15.4. The van der Waals surface area contributed by atoms with Gasteiger partial charge in [0.25, 0.3) is 0 Å². The predicted molar refractivity (Wildman–Crippen MR) is 105 cm³/mol. The van der Waals surface area contributed by atoms with Crippen LogP contribution in [0, 0.1) is 13.8 Å². The third-order valence-electron chi connectivity index (χ3n) is 6.13. The van der Waals surface area contributed by atoms with Gasteiger partial charge in [-0.25, -0.2) is 22.5 Å². The van der Waals surface area contributed by atoms with Crippen molar-refractivity contribution in [3.8, 4) is 0 Å². The van der Waals surface area contributed by atoms with Gasteiger partial charge in [0, 0.05) is 16.1 Å². The fraction of sp³-hybridized carbons (Fsp3) is 0.500. The van der Waals surface area contributed by atoms with Gasteiger partial charge in [-0.15, -0.1) is 0 Å². The molecular formula is C20H30Si2Ti. The van der Waals surface area contributed by atoms with Gasteiger partial charge in [0.2, 0.25) is 0 Å². The van der Waals surface area contributed by atoms with Gasteiger partial charge in [-0.05, 0) is 0 Å². The molecule has 4 rings (SSSR count). The maximum atomic E-state index is 2.52. The van der Waals surface area contributed by atoms with E-state index in [2.05, 4.69) is 63.3 Å². The minimum absolute atomic E-state index is 0. The number of hydrogen-bond acceptors (Lipinski definition) is 0. The van der Waals surface area contributed by atoms with Crippen molar-refractivity contribution in [3.63, 3.8) is 0 Å². The van der Waals surface area contributed by atoms with Gasteiger partial charge >= 0.3 is 21.7 Å². The molecule has 2 aliphatic rings. The summed E-state index contributed by atoms with van der Waals surface area (Å²) in [4.78, 5) is 0. The van der Waals surface area contributed by atoms with E-state index >= 15 is 0 Å². The summed E-state index contributed by atoms with van der Waals surface area (Å²) in [5.74, 6) is 0. The minimum atomic E-state index is -0.852. The molecule has 3 heteroatoms. The van der Waals surface area contributed by atoms with Gasteiger partial charge in [0.05, 0.1) is 0 Å². The second kappa shape index (κ2) is 7.39. The van der Waals surface area contributed by atoms with Crippen LogP contribution >= 0.6 is 0 Å². The van der Waals surface area contributed by atoms with Crippen LogP contribution in [0.1, 0.15) is 24.0 Å². The maximum absolute atomic E-state index is 2.52. The Balaban J connectivity index is 0.000000160. The molecule has 0 radical (unpaired) electrons. The SMILES string of the molecule is C[c-]1ccc([Si]2(C)CCC2)c1.C[c-]1ccc([Si]2(C)CCC2)c1.[Ti+2]. The van der Waals surface area contributed by atoms with Crippen LogP contribution in [0.25, 0.3) is 0 Å². The summed E-state index contributed by atoms with van der Waals surface area (Å²) in [5.41, 5.74) is 2.89. The first-order valence-corrected chi connectivity index (χ1v) is 14.7. The van der Waals surface area contributed by atoms with E-state index in [1.165, 1.54) is 48.1 Å². The minimum Gasteiger partial charge on any atom is -0.212 e. The topological polar surface area (TPSA) is 0 Å². The molecule has 2 aliphatic heterocycles. The van der Waals surface area contributed by atoms with Crippen molar-refractivity contribution in [1.29, 1.82) is 0 Å². The van der Waals surface area contributed by atoms with Crippen LogP contribution in [0.5, 0.6) is 0 Å². The van der Waals surface area contributed by atoms with E-state index < -0.39 is 16.1 Å². The quantitative estimate of drug-likeness (QED) is 0.523. The van der Waals surface area contributed by atoms with Crippen molar-refractivity contribution in [2.75, 3.05) is 0 Å². The fourth-order valence-corrected chi connectivity index (χ4v) is 9.97. The molecule has 0 amide bonds. The zero-order chi connectivity index (χ0) is 15.8. The van der Waals surface area contributed by atoms with E-state index in [1.54, 1.807) is 10.4 Å². The molecule has 2 aromatic carbocycles. The Hall–Kier alpha value is -0.152. The molecule has 0 atom stereocenters. The summed E-state index contributed by atoms with van der Waals surface area (Å²) >= 11 is 0. The third kappa shape index (κ3) is 4.09. The first-order chi connectivity index (χ1) is 10.4. The van der Waals surface area contributed by atoms with E-state index in [4.69, 9.17) is 0 Å². The molecule has 0 aromatic heterocycles. The monoisotopic (exact) mass is 374 g/mol. The molecular weight excluding hydrogens is 344 g/mol. The van der Waals surface area contributed by atoms with Crippen molar-refractivity contribution < 1.29 is 21.7 Å². The molecule has 2 aromatic rings. The standard InChI is InChI=1S/2C10H15Si.Ti/c2*1-9-4-5-10(8-9)11(2)6-3-7-11;/h2*4-5,8H,3,6-7H2,1-2H3;/q2*-1;+2. The fourth-order valence-electron chi connectivity index (χ4n) is 3.87. The maximum Gasteiger partial charge on any atom is 2.00 e. The second-order valence-electron chi connectivity index (χ2n) is 8.18. The smallest absolute Gasteiger partial charge is 0.212 e. The van der Waals surface area contributed by atoms with Crippen molar-refractivity contribution in [1.82, 2.24) is 0 Å². The number of hydrogen-bond donors (Lipinski definition) is 0. The van der Waals surface area contributed by atoms with Crippen molar-refractivity contribution >= 4 is 26.5 Å². The van der Waals surface area contributed by atoms with Gasteiger partial charge in [0.1, 0.15) is 0 Å². The molecule has 2 fully saturated rings.